The van der Waals surface area contributed by atoms with Crippen LogP contribution in [0.1, 0.15) is 11.3 Å². The number of oxime groups is 1. The summed E-state index contributed by atoms with van der Waals surface area (Å²) in [5, 5.41) is 8.29. The van der Waals surface area contributed by atoms with E-state index < -0.39 is 0 Å². The molecule has 0 saturated carbocycles. The predicted octanol–water partition coefficient (Wildman–Crippen LogP) is 6.60. The largest absolute Gasteiger partial charge is 0.489 e. The van der Waals surface area contributed by atoms with Gasteiger partial charge in [0.2, 0.25) is 5.88 Å². The van der Waals surface area contributed by atoms with Gasteiger partial charge in [-0.2, -0.15) is 5.10 Å². The monoisotopic (exact) mass is 509 g/mol. The maximum Gasteiger partial charge on any atom is 0.226 e. The number of aromatic nitrogens is 2. The Morgan fingerprint density at radius 2 is 1.55 bits per heavy atom. The van der Waals surface area contributed by atoms with Gasteiger partial charge in [0, 0.05) is 7.05 Å². The minimum Gasteiger partial charge on any atom is -0.489 e. The molecule has 0 spiro atoms. The van der Waals surface area contributed by atoms with Gasteiger partial charge in [-0.1, -0.05) is 28.4 Å². The molecule has 7 nitrogen and oxygen atoms in total. The molecule has 10 heteroatoms. The minimum absolute atomic E-state index is 0.168. The third-order valence-electron chi connectivity index (χ3n) is 4.22. The number of aryl methyl sites for hydroxylation is 2. The van der Waals surface area contributed by atoms with Crippen LogP contribution in [0.25, 0.3) is 0 Å². The number of alkyl halides is 1. The Morgan fingerprint density at radius 1 is 0.970 bits per heavy atom. The molecule has 0 fully saturated rings. The highest BCUT2D eigenvalue weighted by Crippen LogP contribution is 2.29. The molecule has 0 saturated heterocycles. The van der Waals surface area contributed by atoms with Gasteiger partial charge in [0.25, 0.3) is 0 Å². The maximum absolute atomic E-state index is 6.03. The van der Waals surface area contributed by atoms with E-state index in [-0.39, 0.29) is 11.1 Å². The lowest BCUT2D eigenvalue weighted by atomic mass is 10.2. The van der Waals surface area contributed by atoms with Crippen molar-refractivity contribution in [3.05, 3.63) is 70.4 Å². The second kappa shape index (κ2) is 12.4. The van der Waals surface area contributed by atoms with Gasteiger partial charge in [-0.25, -0.2) is 4.68 Å². The Bertz CT molecular complexity index is 1090. The van der Waals surface area contributed by atoms with Crippen LogP contribution in [0.5, 0.6) is 28.9 Å². The first-order chi connectivity index (χ1) is 16.0. The zero-order chi connectivity index (χ0) is 23.6. The molecule has 2 aromatic carbocycles. The number of rotatable bonds is 11. The normalized spacial score (nSPS) is 10.8. The number of ether oxygens (including phenoxy) is 3. The smallest absolute Gasteiger partial charge is 0.226 e. The van der Waals surface area contributed by atoms with Crippen molar-refractivity contribution in [1.82, 2.24) is 9.78 Å². The minimum atomic E-state index is 0.168. The second-order valence-electron chi connectivity index (χ2n) is 6.64. The second-order valence-corrected chi connectivity index (χ2v) is 8.02. The van der Waals surface area contributed by atoms with Crippen LogP contribution in [0.15, 0.2) is 64.3 Å². The fourth-order valence-electron chi connectivity index (χ4n) is 2.73. The molecule has 0 aliphatic heterocycles. The van der Waals surface area contributed by atoms with Gasteiger partial charge in [0.15, 0.2) is 0 Å². The van der Waals surface area contributed by atoms with E-state index in [1.807, 2.05) is 43.3 Å². The van der Waals surface area contributed by atoms with Crippen molar-refractivity contribution in [3.63, 3.8) is 0 Å². The Morgan fingerprint density at radius 3 is 2.12 bits per heavy atom. The molecular formula is C23H22Cl3N3O4. The molecule has 0 amide bonds. The van der Waals surface area contributed by atoms with Crippen molar-refractivity contribution in [3.8, 4) is 28.9 Å². The number of halogens is 3. The van der Waals surface area contributed by atoms with Crippen molar-refractivity contribution in [2.45, 2.75) is 6.92 Å². The average Bonchev–Trinajstić information content (AvgIpc) is 3.06. The number of benzene rings is 2. The van der Waals surface area contributed by atoms with Crippen molar-refractivity contribution in [2.24, 2.45) is 12.2 Å². The van der Waals surface area contributed by atoms with E-state index >= 15 is 0 Å². The average molecular weight is 511 g/mol. The standard InChI is InChI=1S/C23H22Cl3N3O4/c1-16-21(15-27-31-14-12-24)23(29(2)28-16)33-20-9-7-19(8-10-20)32-18-5-3-17(4-6-18)30-13-11-22(25)26/h3-11,15H,12-14H2,1-2H3. The predicted molar refractivity (Wildman–Crippen MR) is 131 cm³/mol. The maximum atomic E-state index is 6.03. The fraction of sp³-hybridized carbons (Fsp3) is 0.217. The molecule has 0 bridgehead atoms. The summed E-state index contributed by atoms with van der Waals surface area (Å²) in [6.07, 6.45) is 3.13. The Hall–Kier alpha value is -2.87. The van der Waals surface area contributed by atoms with Crippen LogP contribution in [0.4, 0.5) is 0 Å². The fourth-order valence-corrected chi connectivity index (χ4v) is 2.92. The Balaban J connectivity index is 1.62. The number of nitrogens with zero attached hydrogens (tertiary/aromatic N) is 3. The number of hydrogen-bond donors (Lipinski definition) is 0. The lowest BCUT2D eigenvalue weighted by Gasteiger charge is -2.10. The summed E-state index contributed by atoms with van der Waals surface area (Å²) in [5.41, 5.74) is 1.48. The summed E-state index contributed by atoms with van der Waals surface area (Å²) in [6.45, 7) is 2.48. The third-order valence-corrected chi connectivity index (χ3v) is 4.69. The van der Waals surface area contributed by atoms with E-state index in [0.717, 1.165) is 11.3 Å². The summed E-state index contributed by atoms with van der Waals surface area (Å²) in [4.78, 5) is 5.07. The highest BCUT2D eigenvalue weighted by atomic mass is 35.5. The summed E-state index contributed by atoms with van der Waals surface area (Å²) in [6, 6.07) is 14.5. The van der Waals surface area contributed by atoms with Crippen molar-refractivity contribution < 1.29 is 19.0 Å². The van der Waals surface area contributed by atoms with Crippen molar-refractivity contribution >= 4 is 41.0 Å². The van der Waals surface area contributed by atoms with Crippen LogP contribution in [0, 0.1) is 6.92 Å². The zero-order valence-electron chi connectivity index (χ0n) is 18.0. The van der Waals surface area contributed by atoms with Crippen molar-refractivity contribution in [1.29, 1.82) is 0 Å². The van der Waals surface area contributed by atoms with E-state index in [9.17, 15) is 0 Å². The van der Waals surface area contributed by atoms with Crippen LogP contribution in [-0.2, 0) is 11.9 Å². The van der Waals surface area contributed by atoms with Crippen LogP contribution in [-0.4, -0.2) is 35.1 Å². The van der Waals surface area contributed by atoms with Gasteiger partial charge in [-0.3, -0.25) is 0 Å². The molecule has 1 aromatic heterocycles. The first-order valence-electron chi connectivity index (χ1n) is 9.91. The van der Waals surface area contributed by atoms with E-state index in [1.54, 1.807) is 36.2 Å². The van der Waals surface area contributed by atoms with Gasteiger partial charge in [0.1, 0.15) is 40.7 Å². The summed E-state index contributed by atoms with van der Waals surface area (Å²) >= 11 is 16.7. The van der Waals surface area contributed by atoms with E-state index in [4.69, 9.17) is 53.9 Å². The summed E-state index contributed by atoms with van der Waals surface area (Å²) in [5.74, 6) is 3.53. The quantitative estimate of drug-likeness (QED) is 0.126. The first kappa shape index (κ1) is 24.8. The SMILES string of the molecule is Cc1nn(C)c(Oc2ccc(Oc3ccc(OCC=C(Cl)Cl)cc3)cc2)c1C=NOCCCl. The molecule has 3 rings (SSSR count). The van der Waals surface area contributed by atoms with Gasteiger partial charge in [0.05, 0.1) is 23.4 Å². The molecular weight excluding hydrogens is 489 g/mol. The first-order valence-corrected chi connectivity index (χ1v) is 11.2. The molecule has 0 atom stereocenters. The Kier molecular flexibility index (Phi) is 9.30. The van der Waals surface area contributed by atoms with E-state index in [0.29, 0.717) is 41.4 Å². The lowest BCUT2D eigenvalue weighted by Crippen LogP contribution is -1.97. The molecule has 0 unspecified atom stereocenters. The molecule has 174 valence electrons. The molecule has 0 radical (unpaired) electrons. The van der Waals surface area contributed by atoms with Crippen LogP contribution >= 0.6 is 34.8 Å². The van der Waals surface area contributed by atoms with Crippen LogP contribution < -0.4 is 14.2 Å². The zero-order valence-corrected chi connectivity index (χ0v) is 20.3. The van der Waals surface area contributed by atoms with E-state index in [2.05, 4.69) is 10.3 Å². The van der Waals surface area contributed by atoms with Gasteiger partial charge < -0.3 is 19.0 Å². The van der Waals surface area contributed by atoms with Gasteiger partial charge >= 0.3 is 0 Å². The molecule has 1 heterocycles. The number of hydrogen-bond acceptors (Lipinski definition) is 6. The molecule has 0 aliphatic rings. The molecule has 0 aliphatic carbocycles. The highest BCUT2D eigenvalue weighted by Gasteiger charge is 2.14. The van der Waals surface area contributed by atoms with Gasteiger partial charge in [-0.15, -0.1) is 11.6 Å². The van der Waals surface area contributed by atoms with Gasteiger partial charge in [-0.05, 0) is 61.5 Å². The summed E-state index contributed by atoms with van der Waals surface area (Å²) in [7, 11) is 1.80. The topological polar surface area (TPSA) is 67.1 Å². The van der Waals surface area contributed by atoms with E-state index in [1.165, 1.54) is 0 Å². The third kappa shape index (κ3) is 7.60. The molecule has 0 N–H and O–H groups in total. The molecule has 3 aromatic rings. The Labute approximate surface area is 207 Å². The van der Waals surface area contributed by atoms with Crippen LogP contribution in [0.3, 0.4) is 0 Å². The van der Waals surface area contributed by atoms with Crippen molar-refractivity contribution in [2.75, 3.05) is 19.1 Å². The van der Waals surface area contributed by atoms with Crippen LogP contribution in [0.2, 0.25) is 0 Å². The molecule has 33 heavy (non-hydrogen) atoms. The highest BCUT2D eigenvalue weighted by molar-refractivity contribution is 6.55. The summed E-state index contributed by atoms with van der Waals surface area (Å²) < 4.78 is 19.2. The lowest BCUT2D eigenvalue weighted by molar-refractivity contribution is 0.162.